The predicted molar refractivity (Wildman–Crippen MR) is 74.9 cm³/mol. The molecule has 0 aliphatic carbocycles. The fourth-order valence-electron chi connectivity index (χ4n) is 2.03. The van der Waals surface area contributed by atoms with Gasteiger partial charge >= 0.3 is 0 Å². The van der Waals surface area contributed by atoms with Gasteiger partial charge in [-0.05, 0) is 38.8 Å². The standard InChI is InChI=1S/C13H23N5/c1-3-10(2)18-13-6-12(16-9-17-13)15-8-11-4-5-14-7-11/h6,9-11,14H,3-5,7-8H2,1-2H3,(H2,15,16,17,18). The van der Waals surface area contributed by atoms with Gasteiger partial charge in [0.2, 0.25) is 0 Å². The highest BCUT2D eigenvalue weighted by molar-refractivity contribution is 5.46. The van der Waals surface area contributed by atoms with Crippen molar-refractivity contribution in [1.29, 1.82) is 0 Å². The van der Waals surface area contributed by atoms with Gasteiger partial charge in [0, 0.05) is 18.7 Å². The summed E-state index contributed by atoms with van der Waals surface area (Å²) in [6.45, 7) is 7.53. The van der Waals surface area contributed by atoms with Gasteiger partial charge < -0.3 is 16.0 Å². The van der Waals surface area contributed by atoms with Gasteiger partial charge in [-0.3, -0.25) is 0 Å². The second-order valence-electron chi connectivity index (χ2n) is 4.98. The summed E-state index contributed by atoms with van der Waals surface area (Å²) in [5.41, 5.74) is 0. The molecule has 0 saturated carbocycles. The van der Waals surface area contributed by atoms with Crippen molar-refractivity contribution in [2.45, 2.75) is 32.7 Å². The molecule has 3 N–H and O–H groups in total. The molecule has 2 atom stereocenters. The molecule has 1 saturated heterocycles. The Morgan fingerprint density at radius 3 is 3.00 bits per heavy atom. The molecule has 0 spiro atoms. The summed E-state index contributed by atoms with van der Waals surface area (Å²) in [6.07, 6.45) is 3.94. The Morgan fingerprint density at radius 2 is 2.28 bits per heavy atom. The molecule has 2 unspecified atom stereocenters. The Bertz CT molecular complexity index is 362. The molecule has 1 aromatic rings. The maximum Gasteiger partial charge on any atom is 0.131 e. The van der Waals surface area contributed by atoms with E-state index >= 15 is 0 Å². The van der Waals surface area contributed by atoms with Crippen LogP contribution in [-0.4, -0.2) is 35.6 Å². The zero-order valence-corrected chi connectivity index (χ0v) is 11.2. The molecular weight excluding hydrogens is 226 g/mol. The predicted octanol–water partition coefficient (Wildman–Crippen LogP) is 1.71. The molecule has 0 bridgehead atoms. The van der Waals surface area contributed by atoms with Crippen LogP contribution in [0.3, 0.4) is 0 Å². The van der Waals surface area contributed by atoms with Gasteiger partial charge in [-0.25, -0.2) is 9.97 Å². The molecular formula is C13H23N5. The second kappa shape index (κ2) is 6.54. The molecule has 0 amide bonds. The lowest BCUT2D eigenvalue weighted by Gasteiger charge is -2.14. The van der Waals surface area contributed by atoms with Crippen LogP contribution in [0.5, 0.6) is 0 Å². The van der Waals surface area contributed by atoms with E-state index in [2.05, 4.69) is 39.8 Å². The number of nitrogens with one attached hydrogen (secondary N) is 3. The second-order valence-corrected chi connectivity index (χ2v) is 4.98. The van der Waals surface area contributed by atoms with Crippen molar-refractivity contribution in [3.05, 3.63) is 12.4 Å². The third-order valence-electron chi connectivity index (χ3n) is 3.41. The van der Waals surface area contributed by atoms with Crippen molar-refractivity contribution in [3.63, 3.8) is 0 Å². The number of anilines is 2. The van der Waals surface area contributed by atoms with Gasteiger partial charge in [0.05, 0.1) is 0 Å². The van der Waals surface area contributed by atoms with Crippen molar-refractivity contribution in [1.82, 2.24) is 15.3 Å². The summed E-state index contributed by atoms with van der Waals surface area (Å²) in [5, 5.41) is 10.1. The maximum atomic E-state index is 4.25. The van der Waals surface area contributed by atoms with Crippen molar-refractivity contribution < 1.29 is 0 Å². The molecule has 2 heterocycles. The first-order valence-corrected chi connectivity index (χ1v) is 6.81. The molecule has 0 aromatic carbocycles. The lowest BCUT2D eigenvalue weighted by Crippen LogP contribution is -2.18. The summed E-state index contributed by atoms with van der Waals surface area (Å²) in [5.74, 6) is 2.51. The minimum absolute atomic E-state index is 0.437. The average Bonchev–Trinajstić information content (AvgIpc) is 2.90. The molecule has 1 fully saturated rings. The highest BCUT2D eigenvalue weighted by Crippen LogP contribution is 2.13. The average molecular weight is 249 g/mol. The van der Waals surface area contributed by atoms with E-state index in [1.165, 1.54) is 6.42 Å². The SMILES string of the molecule is CCC(C)Nc1cc(NCC2CCNC2)ncn1. The molecule has 0 radical (unpaired) electrons. The van der Waals surface area contributed by atoms with Gasteiger partial charge in [-0.1, -0.05) is 6.92 Å². The molecule has 5 nitrogen and oxygen atoms in total. The lowest BCUT2D eigenvalue weighted by molar-refractivity contribution is 0.614. The first kappa shape index (κ1) is 13.1. The minimum atomic E-state index is 0.437. The van der Waals surface area contributed by atoms with Crippen LogP contribution in [0, 0.1) is 5.92 Å². The van der Waals surface area contributed by atoms with E-state index in [-0.39, 0.29) is 0 Å². The monoisotopic (exact) mass is 249 g/mol. The number of hydrogen-bond acceptors (Lipinski definition) is 5. The zero-order chi connectivity index (χ0) is 12.8. The van der Waals surface area contributed by atoms with Crippen LogP contribution in [0.4, 0.5) is 11.6 Å². The number of hydrogen-bond donors (Lipinski definition) is 3. The first-order chi connectivity index (χ1) is 8.78. The number of rotatable bonds is 6. The van der Waals surface area contributed by atoms with E-state index in [1.807, 2.05) is 6.07 Å². The summed E-state index contributed by atoms with van der Waals surface area (Å²) in [6, 6.07) is 2.42. The Labute approximate surface area is 109 Å². The van der Waals surface area contributed by atoms with Crippen LogP contribution in [0.1, 0.15) is 26.7 Å². The van der Waals surface area contributed by atoms with E-state index in [9.17, 15) is 0 Å². The third kappa shape index (κ3) is 3.84. The van der Waals surface area contributed by atoms with Gasteiger partial charge in [0.15, 0.2) is 0 Å². The van der Waals surface area contributed by atoms with Gasteiger partial charge in [-0.2, -0.15) is 0 Å². The summed E-state index contributed by atoms with van der Waals surface area (Å²) in [7, 11) is 0. The van der Waals surface area contributed by atoms with Crippen LogP contribution in [-0.2, 0) is 0 Å². The van der Waals surface area contributed by atoms with Crippen LogP contribution >= 0.6 is 0 Å². The Morgan fingerprint density at radius 1 is 1.44 bits per heavy atom. The molecule has 1 aromatic heterocycles. The molecule has 5 heteroatoms. The van der Waals surface area contributed by atoms with E-state index in [1.54, 1.807) is 6.33 Å². The van der Waals surface area contributed by atoms with Gasteiger partial charge in [0.1, 0.15) is 18.0 Å². The topological polar surface area (TPSA) is 61.9 Å². The molecule has 100 valence electrons. The van der Waals surface area contributed by atoms with Gasteiger partial charge in [0.25, 0.3) is 0 Å². The van der Waals surface area contributed by atoms with Crippen LogP contribution < -0.4 is 16.0 Å². The summed E-state index contributed by atoms with van der Waals surface area (Å²) < 4.78 is 0. The fourth-order valence-corrected chi connectivity index (χ4v) is 2.03. The zero-order valence-electron chi connectivity index (χ0n) is 11.2. The summed E-state index contributed by atoms with van der Waals surface area (Å²) >= 11 is 0. The van der Waals surface area contributed by atoms with Crippen LogP contribution in [0.2, 0.25) is 0 Å². The molecule has 1 aliphatic heterocycles. The highest BCUT2D eigenvalue weighted by Gasteiger charge is 2.14. The number of aromatic nitrogens is 2. The normalized spacial score (nSPS) is 20.7. The quantitative estimate of drug-likeness (QED) is 0.716. The van der Waals surface area contributed by atoms with E-state index in [4.69, 9.17) is 0 Å². The van der Waals surface area contributed by atoms with Gasteiger partial charge in [-0.15, -0.1) is 0 Å². The van der Waals surface area contributed by atoms with Crippen molar-refractivity contribution >= 4 is 11.6 Å². The number of nitrogens with zero attached hydrogens (tertiary/aromatic N) is 2. The minimum Gasteiger partial charge on any atom is -0.370 e. The third-order valence-corrected chi connectivity index (χ3v) is 3.41. The van der Waals surface area contributed by atoms with Crippen molar-refractivity contribution in [2.24, 2.45) is 5.92 Å². The Balaban J connectivity index is 1.86. The highest BCUT2D eigenvalue weighted by atomic mass is 15.1. The Hall–Kier alpha value is -1.36. The molecule has 2 rings (SSSR count). The first-order valence-electron chi connectivity index (χ1n) is 6.81. The largest absolute Gasteiger partial charge is 0.370 e. The van der Waals surface area contributed by atoms with E-state index < -0.39 is 0 Å². The lowest BCUT2D eigenvalue weighted by atomic mass is 10.1. The van der Waals surface area contributed by atoms with E-state index in [0.717, 1.165) is 37.7 Å². The fraction of sp³-hybridized carbons (Fsp3) is 0.692. The molecule has 18 heavy (non-hydrogen) atoms. The van der Waals surface area contributed by atoms with Crippen molar-refractivity contribution in [2.75, 3.05) is 30.3 Å². The molecule has 1 aliphatic rings. The smallest absolute Gasteiger partial charge is 0.131 e. The van der Waals surface area contributed by atoms with Crippen LogP contribution in [0.15, 0.2) is 12.4 Å². The van der Waals surface area contributed by atoms with E-state index in [0.29, 0.717) is 12.0 Å². The van der Waals surface area contributed by atoms with Crippen LogP contribution in [0.25, 0.3) is 0 Å². The summed E-state index contributed by atoms with van der Waals surface area (Å²) in [4.78, 5) is 8.48. The Kier molecular flexibility index (Phi) is 4.75. The maximum absolute atomic E-state index is 4.25. The van der Waals surface area contributed by atoms with Crippen molar-refractivity contribution in [3.8, 4) is 0 Å².